The van der Waals surface area contributed by atoms with Gasteiger partial charge < -0.3 is 25.6 Å². The summed E-state index contributed by atoms with van der Waals surface area (Å²) in [7, 11) is 0. The Hall–Kier alpha value is -3.35. The largest absolute Gasteiger partial charge is 0.378 e. The number of piperidine rings is 1. The molecule has 0 bridgehead atoms. The number of pyridine rings is 1. The fraction of sp³-hybridized carbons (Fsp3) is 0.480. The molecule has 0 radical (unpaired) electrons. The fourth-order valence-electron chi connectivity index (χ4n) is 5.13. The van der Waals surface area contributed by atoms with Crippen LogP contribution in [0.5, 0.6) is 0 Å². The molecule has 1 aliphatic carbocycles. The first kappa shape index (κ1) is 22.8. The first-order valence-electron chi connectivity index (χ1n) is 12.9. The summed E-state index contributed by atoms with van der Waals surface area (Å²) in [5.74, 6) is 0.931. The van der Waals surface area contributed by atoms with Crippen molar-refractivity contribution in [3.63, 3.8) is 0 Å². The first-order chi connectivity index (χ1) is 18.1. The molecule has 7 rings (SSSR count). The minimum Gasteiger partial charge on any atom is -0.378 e. The molecule has 11 nitrogen and oxygen atoms in total. The SMILES string of the molecule is NC1CCCN(c2ccn3ncc(C(=O)Nc4cc5sc(N6CCOCC6)nc5nc4C4CC4)c3n2)C1. The Labute approximate surface area is 217 Å². The van der Waals surface area contributed by atoms with Crippen molar-refractivity contribution in [2.75, 3.05) is 54.5 Å². The van der Waals surface area contributed by atoms with E-state index >= 15 is 0 Å². The molecule has 192 valence electrons. The van der Waals surface area contributed by atoms with Crippen LogP contribution in [0.3, 0.4) is 0 Å². The summed E-state index contributed by atoms with van der Waals surface area (Å²) in [6.07, 6.45) is 7.62. The normalized spacial score (nSPS) is 20.6. The van der Waals surface area contributed by atoms with Crippen LogP contribution in [0.15, 0.2) is 24.5 Å². The molecule has 6 heterocycles. The van der Waals surface area contributed by atoms with Crippen molar-refractivity contribution < 1.29 is 9.53 Å². The van der Waals surface area contributed by atoms with E-state index < -0.39 is 0 Å². The van der Waals surface area contributed by atoms with Crippen molar-refractivity contribution in [2.45, 2.75) is 37.6 Å². The average molecular weight is 520 g/mol. The zero-order valence-corrected chi connectivity index (χ0v) is 21.3. The van der Waals surface area contributed by atoms with Gasteiger partial charge in [0.05, 0.1) is 35.5 Å². The molecule has 3 N–H and O–H groups in total. The topological polar surface area (TPSA) is 127 Å². The predicted octanol–water partition coefficient (Wildman–Crippen LogP) is 2.63. The molecular formula is C25H29N9O2S. The molecular weight excluding hydrogens is 490 g/mol. The third kappa shape index (κ3) is 4.38. The van der Waals surface area contributed by atoms with Crippen LogP contribution in [0.2, 0.25) is 0 Å². The highest BCUT2D eigenvalue weighted by Crippen LogP contribution is 2.44. The molecule has 3 aliphatic rings. The van der Waals surface area contributed by atoms with E-state index in [0.717, 1.165) is 84.5 Å². The van der Waals surface area contributed by atoms with Crippen LogP contribution >= 0.6 is 11.3 Å². The maximum Gasteiger partial charge on any atom is 0.261 e. The second-order valence-electron chi connectivity index (χ2n) is 10.0. The molecule has 4 aromatic rings. The quantitative estimate of drug-likeness (QED) is 0.409. The number of morpholine rings is 1. The van der Waals surface area contributed by atoms with Crippen molar-refractivity contribution in [3.8, 4) is 0 Å². The lowest BCUT2D eigenvalue weighted by Crippen LogP contribution is -2.43. The first-order valence-corrected chi connectivity index (χ1v) is 13.7. The molecule has 1 unspecified atom stereocenters. The Morgan fingerprint density at radius 2 is 1.97 bits per heavy atom. The van der Waals surface area contributed by atoms with Gasteiger partial charge in [-0.05, 0) is 37.8 Å². The van der Waals surface area contributed by atoms with Gasteiger partial charge in [0.15, 0.2) is 16.4 Å². The summed E-state index contributed by atoms with van der Waals surface area (Å²) >= 11 is 1.60. The zero-order chi connectivity index (χ0) is 24.9. The highest BCUT2D eigenvalue weighted by Gasteiger charge is 2.30. The van der Waals surface area contributed by atoms with Crippen LogP contribution < -0.4 is 20.9 Å². The van der Waals surface area contributed by atoms with Crippen molar-refractivity contribution >= 4 is 49.9 Å². The molecule has 2 saturated heterocycles. The standard InChI is InChI=1S/C25H29N9O2S/c26-16-2-1-6-33(14-16)20-5-7-34-23(29-20)17(13-27-34)24(35)28-18-12-19-22(30-21(18)15-3-4-15)31-25(37-19)32-8-10-36-11-9-32/h5,7,12-13,15-16H,1-4,6,8-11,14,26H2,(H,28,35). The Morgan fingerprint density at radius 1 is 1.11 bits per heavy atom. The van der Waals surface area contributed by atoms with Crippen molar-refractivity contribution in [3.05, 3.63) is 35.8 Å². The van der Waals surface area contributed by atoms with Gasteiger partial charge in [-0.25, -0.2) is 14.5 Å². The lowest BCUT2D eigenvalue weighted by molar-refractivity contribution is 0.102. The number of carbonyl (C=O) groups is 1. The minimum absolute atomic E-state index is 0.137. The molecule has 1 amide bonds. The second kappa shape index (κ2) is 9.19. The minimum atomic E-state index is -0.240. The van der Waals surface area contributed by atoms with Crippen LogP contribution in [0.4, 0.5) is 16.6 Å². The molecule has 4 aromatic heterocycles. The van der Waals surface area contributed by atoms with Crippen molar-refractivity contribution in [2.24, 2.45) is 5.73 Å². The van der Waals surface area contributed by atoms with E-state index in [0.29, 0.717) is 30.3 Å². The van der Waals surface area contributed by atoms with E-state index in [1.54, 1.807) is 22.0 Å². The number of thiazole rings is 1. The molecule has 3 fully saturated rings. The molecule has 37 heavy (non-hydrogen) atoms. The number of hydrogen-bond acceptors (Lipinski definition) is 10. The number of rotatable bonds is 5. The lowest BCUT2D eigenvalue weighted by Gasteiger charge is -2.31. The number of anilines is 3. The summed E-state index contributed by atoms with van der Waals surface area (Å²) in [5.41, 5.74) is 9.54. The summed E-state index contributed by atoms with van der Waals surface area (Å²) in [4.78, 5) is 32.4. The van der Waals surface area contributed by atoms with Gasteiger partial charge in [0.2, 0.25) is 0 Å². The van der Waals surface area contributed by atoms with E-state index in [1.807, 2.05) is 18.3 Å². The fourth-order valence-corrected chi connectivity index (χ4v) is 6.13. The van der Waals surface area contributed by atoms with E-state index in [-0.39, 0.29) is 11.9 Å². The molecule has 2 aliphatic heterocycles. The number of fused-ring (bicyclic) bond motifs is 2. The van der Waals surface area contributed by atoms with Crippen LogP contribution in [0.25, 0.3) is 16.0 Å². The Bertz CT molecular complexity index is 1470. The Balaban J connectivity index is 1.19. The van der Waals surface area contributed by atoms with Gasteiger partial charge in [0.25, 0.3) is 5.91 Å². The van der Waals surface area contributed by atoms with Gasteiger partial charge in [-0.3, -0.25) is 4.79 Å². The van der Waals surface area contributed by atoms with Gasteiger partial charge in [0.1, 0.15) is 11.4 Å². The number of ether oxygens (including phenoxy) is 1. The van der Waals surface area contributed by atoms with Gasteiger partial charge >= 0.3 is 0 Å². The van der Waals surface area contributed by atoms with E-state index in [2.05, 4.69) is 20.2 Å². The number of amides is 1. The Morgan fingerprint density at radius 3 is 2.78 bits per heavy atom. The van der Waals surface area contributed by atoms with Crippen molar-refractivity contribution in [1.82, 2.24) is 24.6 Å². The van der Waals surface area contributed by atoms with Crippen LogP contribution in [0, 0.1) is 0 Å². The second-order valence-corrected chi connectivity index (χ2v) is 11.0. The third-order valence-electron chi connectivity index (χ3n) is 7.28. The highest BCUT2D eigenvalue weighted by molar-refractivity contribution is 7.22. The zero-order valence-electron chi connectivity index (χ0n) is 20.5. The maximum atomic E-state index is 13.5. The van der Waals surface area contributed by atoms with E-state index in [9.17, 15) is 4.79 Å². The highest BCUT2D eigenvalue weighted by atomic mass is 32.1. The van der Waals surface area contributed by atoms with Crippen LogP contribution in [0.1, 0.15) is 47.7 Å². The predicted molar refractivity (Wildman–Crippen MR) is 143 cm³/mol. The summed E-state index contributed by atoms with van der Waals surface area (Å²) < 4.78 is 8.08. The lowest BCUT2D eigenvalue weighted by atomic mass is 10.1. The van der Waals surface area contributed by atoms with Gasteiger partial charge in [-0.2, -0.15) is 10.1 Å². The number of nitrogens with zero attached hydrogens (tertiary/aromatic N) is 7. The number of aromatic nitrogens is 5. The number of carbonyl (C=O) groups excluding carboxylic acids is 1. The van der Waals surface area contributed by atoms with E-state index in [4.69, 9.17) is 25.4 Å². The van der Waals surface area contributed by atoms with Gasteiger partial charge in [-0.1, -0.05) is 11.3 Å². The maximum absolute atomic E-state index is 13.5. The summed E-state index contributed by atoms with van der Waals surface area (Å²) in [6, 6.07) is 4.09. The molecule has 0 aromatic carbocycles. The van der Waals surface area contributed by atoms with Crippen LogP contribution in [-0.2, 0) is 4.74 Å². The van der Waals surface area contributed by atoms with E-state index in [1.165, 1.54) is 0 Å². The molecule has 12 heteroatoms. The smallest absolute Gasteiger partial charge is 0.261 e. The van der Waals surface area contributed by atoms with Gasteiger partial charge in [0, 0.05) is 44.3 Å². The summed E-state index contributed by atoms with van der Waals surface area (Å²) in [6.45, 7) is 4.73. The number of nitrogens with two attached hydrogens (primary N) is 1. The summed E-state index contributed by atoms with van der Waals surface area (Å²) in [5, 5.41) is 8.45. The Kier molecular flexibility index (Phi) is 5.67. The monoisotopic (exact) mass is 519 g/mol. The molecule has 0 spiro atoms. The van der Waals surface area contributed by atoms with Crippen molar-refractivity contribution in [1.29, 1.82) is 0 Å². The molecule has 1 saturated carbocycles. The average Bonchev–Trinajstić information content (AvgIpc) is 3.54. The third-order valence-corrected chi connectivity index (χ3v) is 8.33. The molecule has 1 atom stereocenters. The number of hydrogen-bond donors (Lipinski definition) is 2. The van der Waals surface area contributed by atoms with Gasteiger partial charge in [-0.15, -0.1) is 0 Å². The van der Waals surface area contributed by atoms with Crippen LogP contribution in [-0.4, -0.2) is 75.9 Å². The number of nitrogens with one attached hydrogen (secondary N) is 1.